The summed E-state index contributed by atoms with van der Waals surface area (Å²) in [5, 5.41) is 9.89. The first-order chi connectivity index (χ1) is 7.36. The van der Waals surface area contributed by atoms with Crippen LogP contribution in [0.25, 0.3) is 0 Å². The van der Waals surface area contributed by atoms with Gasteiger partial charge in [-0.25, -0.2) is 0 Å². The van der Waals surface area contributed by atoms with Gasteiger partial charge in [-0.05, 0) is 31.2 Å². The molecule has 0 aromatic heterocycles. The lowest BCUT2D eigenvalue weighted by Crippen LogP contribution is -2.25. The number of aliphatic hydroxyl groups is 1. The van der Waals surface area contributed by atoms with Crippen LogP contribution < -0.4 is 0 Å². The molecule has 0 spiro atoms. The van der Waals surface area contributed by atoms with Crippen LogP contribution in [0.1, 0.15) is 24.8 Å². The number of hydrogen-bond acceptors (Lipinski definition) is 2. The molecule has 2 heteroatoms. The van der Waals surface area contributed by atoms with Crippen molar-refractivity contribution >= 4 is 0 Å². The smallest absolute Gasteiger partial charge is 0.0834 e. The second kappa shape index (κ2) is 5.29. The van der Waals surface area contributed by atoms with E-state index in [0.717, 1.165) is 32.3 Å². The normalized spacial score (nSPS) is 22.9. The topological polar surface area (TPSA) is 29.5 Å². The third-order valence-electron chi connectivity index (χ3n) is 2.97. The van der Waals surface area contributed by atoms with Crippen LogP contribution in [0.5, 0.6) is 0 Å². The fourth-order valence-electron chi connectivity index (χ4n) is 2.05. The highest BCUT2D eigenvalue weighted by atomic mass is 16.5. The molecule has 1 aliphatic rings. The zero-order valence-corrected chi connectivity index (χ0v) is 8.93. The highest BCUT2D eigenvalue weighted by Crippen LogP contribution is 2.18. The lowest BCUT2D eigenvalue weighted by molar-refractivity contribution is -0.00501. The van der Waals surface area contributed by atoms with Crippen LogP contribution in [0, 0.1) is 0 Å². The summed E-state index contributed by atoms with van der Waals surface area (Å²) in [7, 11) is 0. The van der Waals surface area contributed by atoms with Gasteiger partial charge in [0.15, 0.2) is 0 Å². The van der Waals surface area contributed by atoms with Gasteiger partial charge < -0.3 is 9.84 Å². The number of hydrogen-bond donors (Lipinski definition) is 1. The quantitative estimate of drug-likeness (QED) is 0.818. The molecule has 1 aliphatic heterocycles. The molecule has 82 valence electrons. The molecule has 0 radical (unpaired) electrons. The van der Waals surface area contributed by atoms with E-state index >= 15 is 0 Å². The van der Waals surface area contributed by atoms with Gasteiger partial charge in [-0.1, -0.05) is 30.3 Å². The molecule has 1 fully saturated rings. The molecule has 2 atom stereocenters. The Morgan fingerprint density at radius 3 is 2.80 bits per heavy atom. The second-order valence-electron chi connectivity index (χ2n) is 4.14. The molecule has 1 aromatic rings. The predicted octanol–water partition coefficient (Wildman–Crippen LogP) is 2.16. The number of ether oxygens (including phenoxy) is 1. The van der Waals surface area contributed by atoms with E-state index in [0.29, 0.717) is 0 Å². The highest BCUT2D eigenvalue weighted by molar-refractivity contribution is 5.14. The molecule has 1 N–H and O–H groups in total. The maximum Gasteiger partial charge on any atom is 0.0834 e. The minimum atomic E-state index is -0.298. The second-order valence-corrected chi connectivity index (χ2v) is 4.14. The Labute approximate surface area is 90.9 Å². The first kappa shape index (κ1) is 10.7. The first-order valence-electron chi connectivity index (χ1n) is 5.70. The Morgan fingerprint density at radius 2 is 2.13 bits per heavy atom. The van der Waals surface area contributed by atoms with E-state index in [1.807, 2.05) is 18.2 Å². The third-order valence-corrected chi connectivity index (χ3v) is 2.97. The average Bonchev–Trinajstić information content (AvgIpc) is 2.81. The summed E-state index contributed by atoms with van der Waals surface area (Å²) in [4.78, 5) is 0. The lowest BCUT2D eigenvalue weighted by Gasteiger charge is -2.17. The van der Waals surface area contributed by atoms with Crippen molar-refractivity contribution in [2.75, 3.05) is 6.61 Å². The standard InChI is InChI=1S/C13H18O2/c14-12(13-7-4-10-15-13)9-8-11-5-2-1-3-6-11/h1-3,5-6,12-14H,4,7-10H2. The summed E-state index contributed by atoms with van der Waals surface area (Å²) in [6.45, 7) is 0.813. The van der Waals surface area contributed by atoms with E-state index in [-0.39, 0.29) is 12.2 Å². The molecule has 1 aromatic carbocycles. The summed E-state index contributed by atoms with van der Waals surface area (Å²) in [5.41, 5.74) is 1.29. The van der Waals surface area contributed by atoms with Gasteiger partial charge in [0, 0.05) is 6.61 Å². The van der Waals surface area contributed by atoms with Crippen LogP contribution in [0.2, 0.25) is 0 Å². The summed E-state index contributed by atoms with van der Waals surface area (Å²) in [6, 6.07) is 10.3. The van der Waals surface area contributed by atoms with Crippen LogP contribution in [-0.4, -0.2) is 23.9 Å². The van der Waals surface area contributed by atoms with Crippen molar-refractivity contribution in [1.29, 1.82) is 0 Å². The summed E-state index contributed by atoms with van der Waals surface area (Å²) >= 11 is 0. The van der Waals surface area contributed by atoms with Gasteiger partial charge in [0.25, 0.3) is 0 Å². The average molecular weight is 206 g/mol. The van der Waals surface area contributed by atoms with Gasteiger partial charge in [-0.15, -0.1) is 0 Å². The minimum absolute atomic E-state index is 0.0775. The first-order valence-corrected chi connectivity index (χ1v) is 5.70. The molecular weight excluding hydrogens is 188 g/mol. The van der Waals surface area contributed by atoms with E-state index in [2.05, 4.69) is 12.1 Å². The summed E-state index contributed by atoms with van der Waals surface area (Å²) in [6.07, 6.45) is 3.61. The Kier molecular flexibility index (Phi) is 3.75. The van der Waals surface area contributed by atoms with Crippen molar-refractivity contribution in [2.24, 2.45) is 0 Å². The monoisotopic (exact) mass is 206 g/mol. The zero-order chi connectivity index (χ0) is 10.5. The molecule has 2 nitrogen and oxygen atoms in total. The summed E-state index contributed by atoms with van der Waals surface area (Å²) < 4.78 is 5.45. The van der Waals surface area contributed by atoms with Gasteiger partial charge in [0.1, 0.15) is 0 Å². The van der Waals surface area contributed by atoms with Gasteiger partial charge in [0.2, 0.25) is 0 Å². The number of rotatable bonds is 4. The van der Waals surface area contributed by atoms with Gasteiger partial charge in [-0.3, -0.25) is 0 Å². The van der Waals surface area contributed by atoms with Crippen molar-refractivity contribution in [2.45, 2.75) is 37.9 Å². The van der Waals surface area contributed by atoms with Gasteiger partial charge in [0.05, 0.1) is 12.2 Å². The van der Waals surface area contributed by atoms with Crippen LogP contribution in [0.15, 0.2) is 30.3 Å². The molecule has 2 rings (SSSR count). The molecule has 0 aliphatic carbocycles. The fourth-order valence-corrected chi connectivity index (χ4v) is 2.05. The molecule has 0 bridgehead atoms. The zero-order valence-electron chi connectivity index (χ0n) is 8.93. The van der Waals surface area contributed by atoms with Crippen molar-refractivity contribution < 1.29 is 9.84 Å². The molecule has 1 heterocycles. The van der Waals surface area contributed by atoms with Crippen molar-refractivity contribution in [3.8, 4) is 0 Å². The van der Waals surface area contributed by atoms with Gasteiger partial charge >= 0.3 is 0 Å². The van der Waals surface area contributed by atoms with Gasteiger partial charge in [-0.2, -0.15) is 0 Å². The predicted molar refractivity (Wildman–Crippen MR) is 59.7 cm³/mol. The molecule has 1 saturated heterocycles. The minimum Gasteiger partial charge on any atom is -0.390 e. The Hall–Kier alpha value is -0.860. The van der Waals surface area contributed by atoms with E-state index in [9.17, 15) is 5.11 Å². The molecule has 0 amide bonds. The van der Waals surface area contributed by atoms with Crippen molar-refractivity contribution in [3.05, 3.63) is 35.9 Å². The molecule has 2 unspecified atom stereocenters. The molecular formula is C13H18O2. The number of benzene rings is 1. The molecule has 0 saturated carbocycles. The van der Waals surface area contributed by atoms with Crippen molar-refractivity contribution in [1.82, 2.24) is 0 Å². The Morgan fingerprint density at radius 1 is 1.33 bits per heavy atom. The Balaban J connectivity index is 1.77. The molecule has 15 heavy (non-hydrogen) atoms. The van der Waals surface area contributed by atoms with E-state index in [1.165, 1.54) is 5.56 Å². The Bertz CT molecular complexity index is 278. The number of aliphatic hydroxyl groups excluding tert-OH is 1. The van der Waals surface area contributed by atoms with E-state index < -0.39 is 0 Å². The maximum atomic E-state index is 9.89. The van der Waals surface area contributed by atoms with Crippen molar-refractivity contribution in [3.63, 3.8) is 0 Å². The maximum absolute atomic E-state index is 9.89. The highest BCUT2D eigenvalue weighted by Gasteiger charge is 2.23. The van der Waals surface area contributed by atoms with E-state index in [4.69, 9.17) is 4.74 Å². The fraction of sp³-hybridized carbons (Fsp3) is 0.538. The van der Waals surface area contributed by atoms with E-state index in [1.54, 1.807) is 0 Å². The van der Waals surface area contributed by atoms with Crippen LogP contribution in [0.4, 0.5) is 0 Å². The SMILES string of the molecule is OC(CCc1ccccc1)C1CCCO1. The third kappa shape index (κ3) is 3.05. The van der Waals surface area contributed by atoms with Crippen LogP contribution in [-0.2, 0) is 11.2 Å². The number of aryl methyl sites for hydroxylation is 1. The summed E-state index contributed by atoms with van der Waals surface area (Å²) in [5.74, 6) is 0. The lowest BCUT2D eigenvalue weighted by atomic mass is 10.0. The van der Waals surface area contributed by atoms with Crippen LogP contribution in [0.3, 0.4) is 0 Å². The largest absolute Gasteiger partial charge is 0.390 e. The van der Waals surface area contributed by atoms with Crippen LogP contribution >= 0.6 is 0 Å².